The fourth-order valence-electron chi connectivity index (χ4n) is 3.08. The maximum Gasteiger partial charge on any atom is 0.311 e. The van der Waals surface area contributed by atoms with Gasteiger partial charge in [-0.1, -0.05) is 0 Å². The lowest BCUT2D eigenvalue weighted by Crippen LogP contribution is -2.30. The summed E-state index contributed by atoms with van der Waals surface area (Å²) < 4.78 is 21.3. The largest absolute Gasteiger partial charge is 0.493 e. The number of hydrogen-bond donors (Lipinski definition) is 1. The minimum Gasteiger partial charge on any atom is -0.493 e. The average Bonchev–Trinajstić information content (AvgIpc) is 3.09. The van der Waals surface area contributed by atoms with E-state index in [0.717, 1.165) is 27.7 Å². The lowest BCUT2D eigenvalue weighted by molar-refractivity contribution is -0.152. The highest BCUT2D eigenvalue weighted by Gasteiger charge is 2.20. The van der Waals surface area contributed by atoms with Crippen LogP contribution in [0.3, 0.4) is 0 Å². The van der Waals surface area contributed by atoms with Crippen LogP contribution in [-0.4, -0.2) is 32.2 Å². The van der Waals surface area contributed by atoms with Crippen molar-refractivity contribution in [3.8, 4) is 11.5 Å². The Bertz CT molecular complexity index is 1080. The molecule has 0 saturated heterocycles. The summed E-state index contributed by atoms with van der Waals surface area (Å²) in [5.74, 6) is 0.0787. The van der Waals surface area contributed by atoms with Gasteiger partial charge < -0.3 is 23.9 Å². The van der Waals surface area contributed by atoms with Gasteiger partial charge in [-0.2, -0.15) is 0 Å². The number of esters is 1. The van der Waals surface area contributed by atoms with E-state index in [4.69, 9.17) is 18.6 Å². The quantitative estimate of drug-likeness (QED) is 0.587. The van der Waals surface area contributed by atoms with Crippen molar-refractivity contribution in [3.05, 3.63) is 53.3 Å². The fourth-order valence-corrected chi connectivity index (χ4v) is 3.08. The van der Waals surface area contributed by atoms with Crippen molar-refractivity contribution < 1.29 is 28.2 Å². The molecule has 1 heterocycles. The highest BCUT2D eigenvalue weighted by atomic mass is 16.5. The molecule has 3 rings (SSSR count). The number of amides is 1. The minimum absolute atomic E-state index is 0.0173. The zero-order valence-electron chi connectivity index (χ0n) is 17.7. The maximum absolute atomic E-state index is 12.4. The SMILES string of the molecule is COc1ccc(NC(=O)C(C)OC(=O)Cc2coc3cc(C)c(C)cc23)cc1OC. The predicted octanol–water partition coefficient (Wildman–Crippen LogP) is 4.18. The molecule has 1 N–H and O–H groups in total. The molecular weight excluding hydrogens is 386 g/mol. The van der Waals surface area contributed by atoms with Gasteiger partial charge in [0.25, 0.3) is 5.91 Å². The van der Waals surface area contributed by atoms with E-state index >= 15 is 0 Å². The molecule has 7 nitrogen and oxygen atoms in total. The number of nitrogens with one attached hydrogen (secondary N) is 1. The number of carbonyl (C=O) groups excluding carboxylic acids is 2. The normalized spacial score (nSPS) is 11.8. The van der Waals surface area contributed by atoms with E-state index in [2.05, 4.69) is 5.32 Å². The highest BCUT2D eigenvalue weighted by molar-refractivity contribution is 5.95. The lowest BCUT2D eigenvalue weighted by atomic mass is 10.0. The first-order chi connectivity index (χ1) is 14.3. The van der Waals surface area contributed by atoms with Crippen LogP contribution in [0, 0.1) is 13.8 Å². The van der Waals surface area contributed by atoms with Crippen LogP contribution in [0.2, 0.25) is 0 Å². The minimum atomic E-state index is -0.965. The lowest BCUT2D eigenvalue weighted by Gasteiger charge is -2.15. The first-order valence-electron chi connectivity index (χ1n) is 9.52. The number of hydrogen-bond acceptors (Lipinski definition) is 6. The summed E-state index contributed by atoms with van der Waals surface area (Å²) in [6, 6.07) is 8.92. The Morgan fingerprint density at radius 3 is 2.43 bits per heavy atom. The Balaban J connectivity index is 1.63. The van der Waals surface area contributed by atoms with E-state index in [1.807, 2.05) is 26.0 Å². The number of aryl methyl sites for hydroxylation is 2. The Morgan fingerprint density at radius 2 is 1.73 bits per heavy atom. The molecular formula is C23H25NO6. The standard InChI is InChI=1S/C23H25NO6/c1-13-8-18-16(12-29-20(18)9-14(13)2)10-22(25)30-15(3)23(26)24-17-6-7-19(27-4)21(11-17)28-5/h6-9,11-12,15H,10H2,1-5H3,(H,24,26). The Hall–Kier alpha value is -3.48. The van der Waals surface area contributed by atoms with Crippen molar-refractivity contribution in [3.63, 3.8) is 0 Å². The van der Waals surface area contributed by atoms with Gasteiger partial charge in [-0.05, 0) is 56.2 Å². The number of rotatable bonds is 7. The zero-order chi connectivity index (χ0) is 21.8. The van der Waals surface area contributed by atoms with Gasteiger partial charge in [-0.25, -0.2) is 0 Å². The van der Waals surface area contributed by atoms with Crippen molar-refractivity contribution in [1.29, 1.82) is 0 Å². The molecule has 158 valence electrons. The molecule has 0 bridgehead atoms. The summed E-state index contributed by atoms with van der Waals surface area (Å²) in [4.78, 5) is 24.8. The second-order valence-corrected chi connectivity index (χ2v) is 7.06. The number of anilines is 1. The van der Waals surface area contributed by atoms with Gasteiger partial charge in [0.1, 0.15) is 5.58 Å². The van der Waals surface area contributed by atoms with Crippen molar-refractivity contribution >= 4 is 28.5 Å². The summed E-state index contributed by atoms with van der Waals surface area (Å²) in [5, 5.41) is 3.58. The summed E-state index contributed by atoms with van der Waals surface area (Å²) in [7, 11) is 3.04. The molecule has 0 radical (unpaired) electrons. The van der Waals surface area contributed by atoms with E-state index in [1.54, 1.807) is 24.5 Å². The molecule has 0 aliphatic rings. The summed E-state index contributed by atoms with van der Waals surface area (Å²) in [5.41, 5.74) is 4.19. The smallest absolute Gasteiger partial charge is 0.311 e. The van der Waals surface area contributed by atoms with E-state index in [9.17, 15) is 9.59 Å². The third-order valence-electron chi connectivity index (χ3n) is 4.93. The van der Waals surface area contributed by atoms with Gasteiger partial charge in [-0.3, -0.25) is 9.59 Å². The monoisotopic (exact) mass is 411 g/mol. The first kappa shape index (κ1) is 21.2. The van der Waals surface area contributed by atoms with Gasteiger partial charge >= 0.3 is 5.97 Å². The van der Waals surface area contributed by atoms with Gasteiger partial charge in [0, 0.05) is 22.7 Å². The molecule has 0 spiro atoms. The molecule has 0 aliphatic heterocycles. The van der Waals surface area contributed by atoms with Gasteiger partial charge in [0.15, 0.2) is 17.6 Å². The number of furan rings is 1. The van der Waals surface area contributed by atoms with Crippen LogP contribution in [-0.2, 0) is 20.7 Å². The number of benzene rings is 2. The summed E-state index contributed by atoms with van der Waals surface area (Å²) >= 11 is 0. The van der Waals surface area contributed by atoms with Gasteiger partial charge in [0.05, 0.1) is 26.9 Å². The van der Waals surface area contributed by atoms with E-state index in [-0.39, 0.29) is 6.42 Å². The maximum atomic E-state index is 12.4. The van der Waals surface area contributed by atoms with Crippen molar-refractivity contribution in [2.45, 2.75) is 33.3 Å². The second kappa shape index (κ2) is 8.90. The van der Waals surface area contributed by atoms with Crippen molar-refractivity contribution in [1.82, 2.24) is 0 Å². The Morgan fingerprint density at radius 1 is 1.03 bits per heavy atom. The highest BCUT2D eigenvalue weighted by Crippen LogP contribution is 2.30. The molecule has 0 fully saturated rings. The molecule has 1 atom stereocenters. The number of fused-ring (bicyclic) bond motifs is 1. The van der Waals surface area contributed by atoms with Crippen LogP contribution < -0.4 is 14.8 Å². The molecule has 0 saturated carbocycles. The van der Waals surface area contributed by atoms with Crippen LogP contribution in [0.5, 0.6) is 11.5 Å². The van der Waals surface area contributed by atoms with Crippen LogP contribution in [0.1, 0.15) is 23.6 Å². The molecule has 3 aromatic rings. The fraction of sp³-hybridized carbons (Fsp3) is 0.304. The number of methoxy groups -OCH3 is 2. The summed E-state index contributed by atoms with van der Waals surface area (Å²) in [6.07, 6.45) is 0.607. The van der Waals surface area contributed by atoms with E-state index in [1.165, 1.54) is 21.1 Å². The number of carbonyl (C=O) groups is 2. The molecule has 1 amide bonds. The molecule has 0 aliphatic carbocycles. The Labute approximate surface area is 174 Å². The van der Waals surface area contributed by atoms with Crippen LogP contribution in [0.15, 0.2) is 41.0 Å². The van der Waals surface area contributed by atoms with Crippen LogP contribution in [0.25, 0.3) is 11.0 Å². The van der Waals surface area contributed by atoms with Gasteiger partial charge in [0.2, 0.25) is 0 Å². The average molecular weight is 411 g/mol. The second-order valence-electron chi connectivity index (χ2n) is 7.06. The van der Waals surface area contributed by atoms with Crippen LogP contribution >= 0.6 is 0 Å². The van der Waals surface area contributed by atoms with Crippen LogP contribution in [0.4, 0.5) is 5.69 Å². The third kappa shape index (κ3) is 4.56. The molecule has 1 aromatic heterocycles. The molecule has 1 unspecified atom stereocenters. The number of ether oxygens (including phenoxy) is 3. The molecule has 7 heteroatoms. The topological polar surface area (TPSA) is 87.0 Å². The molecule has 2 aromatic carbocycles. The van der Waals surface area contributed by atoms with Crippen molar-refractivity contribution in [2.24, 2.45) is 0 Å². The van der Waals surface area contributed by atoms with E-state index < -0.39 is 18.0 Å². The predicted molar refractivity (Wildman–Crippen MR) is 113 cm³/mol. The molecule has 30 heavy (non-hydrogen) atoms. The Kier molecular flexibility index (Phi) is 6.30. The summed E-state index contributed by atoms with van der Waals surface area (Å²) in [6.45, 7) is 5.53. The van der Waals surface area contributed by atoms with Crippen molar-refractivity contribution in [2.75, 3.05) is 19.5 Å². The zero-order valence-corrected chi connectivity index (χ0v) is 17.7. The van der Waals surface area contributed by atoms with Gasteiger partial charge in [-0.15, -0.1) is 0 Å². The van der Waals surface area contributed by atoms with E-state index in [0.29, 0.717) is 17.2 Å². The third-order valence-corrected chi connectivity index (χ3v) is 4.93. The first-order valence-corrected chi connectivity index (χ1v) is 9.52.